The zero-order valence-electron chi connectivity index (χ0n) is 11.8. The van der Waals surface area contributed by atoms with Crippen LogP contribution in [0.3, 0.4) is 0 Å². The van der Waals surface area contributed by atoms with Gasteiger partial charge in [-0.1, -0.05) is 18.2 Å². The molecule has 0 radical (unpaired) electrons. The molecule has 2 heterocycles. The Balaban J connectivity index is 1.89. The number of nitrogens with zero attached hydrogens (tertiary/aromatic N) is 2. The number of thiophene rings is 1. The van der Waals surface area contributed by atoms with Crippen molar-refractivity contribution in [1.82, 2.24) is 9.88 Å². The van der Waals surface area contributed by atoms with Crippen LogP contribution in [0.1, 0.15) is 20.2 Å². The molecule has 0 atom stereocenters. The molecule has 3 rings (SSSR count). The average molecular weight is 317 g/mol. The molecule has 6 heteroatoms. The number of benzene rings is 1. The summed E-state index contributed by atoms with van der Waals surface area (Å²) in [7, 11) is 1.80. The van der Waals surface area contributed by atoms with Gasteiger partial charge in [0.05, 0.1) is 23.4 Å². The highest BCUT2D eigenvalue weighted by atomic mass is 32.1. The van der Waals surface area contributed by atoms with Crippen molar-refractivity contribution >= 4 is 44.4 Å². The minimum atomic E-state index is -0.0403. The fourth-order valence-corrected chi connectivity index (χ4v) is 4.11. The average Bonchev–Trinajstić information content (AvgIpc) is 3.03. The van der Waals surface area contributed by atoms with Crippen molar-refractivity contribution < 1.29 is 4.79 Å². The van der Waals surface area contributed by atoms with Gasteiger partial charge in [-0.3, -0.25) is 4.79 Å². The quantitative estimate of drug-likeness (QED) is 0.804. The van der Waals surface area contributed by atoms with Crippen LogP contribution in [0.15, 0.2) is 29.8 Å². The molecule has 3 aromatic rings. The van der Waals surface area contributed by atoms with Crippen molar-refractivity contribution in [2.75, 3.05) is 12.8 Å². The Hall–Kier alpha value is -1.92. The Morgan fingerprint density at radius 3 is 2.81 bits per heavy atom. The standard InChI is InChI=1S/C15H15N3OS2/c1-9-12(20-8-17-9)7-18(2)15(19)14-13(16)10-5-3-4-6-11(10)21-14/h3-6,8H,7,16H2,1-2H3. The molecule has 21 heavy (non-hydrogen) atoms. The summed E-state index contributed by atoms with van der Waals surface area (Å²) in [6, 6.07) is 7.83. The van der Waals surface area contributed by atoms with Crippen LogP contribution < -0.4 is 5.73 Å². The molecular weight excluding hydrogens is 302 g/mol. The summed E-state index contributed by atoms with van der Waals surface area (Å²) in [5, 5.41) is 0.952. The summed E-state index contributed by atoms with van der Waals surface area (Å²) < 4.78 is 1.04. The highest BCUT2D eigenvalue weighted by molar-refractivity contribution is 7.21. The van der Waals surface area contributed by atoms with Crippen LogP contribution in [0.25, 0.3) is 10.1 Å². The molecular formula is C15H15N3OS2. The van der Waals surface area contributed by atoms with Gasteiger partial charge in [0.1, 0.15) is 4.88 Å². The van der Waals surface area contributed by atoms with E-state index in [-0.39, 0.29) is 5.91 Å². The number of fused-ring (bicyclic) bond motifs is 1. The van der Waals surface area contributed by atoms with Crippen LogP contribution in [0.4, 0.5) is 5.69 Å². The van der Waals surface area contributed by atoms with Crippen molar-refractivity contribution in [3.05, 3.63) is 45.2 Å². The van der Waals surface area contributed by atoms with Crippen LogP contribution in [0.2, 0.25) is 0 Å². The number of hydrogen-bond donors (Lipinski definition) is 1. The third-order valence-electron chi connectivity index (χ3n) is 3.40. The first-order valence-electron chi connectivity index (χ1n) is 6.49. The topological polar surface area (TPSA) is 59.2 Å². The van der Waals surface area contributed by atoms with E-state index in [4.69, 9.17) is 5.73 Å². The first kappa shape index (κ1) is 14.0. The fraction of sp³-hybridized carbons (Fsp3) is 0.200. The second-order valence-electron chi connectivity index (χ2n) is 4.86. The molecule has 2 aromatic heterocycles. The normalized spacial score (nSPS) is 11.0. The van der Waals surface area contributed by atoms with Gasteiger partial charge >= 0.3 is 0 Å². The van der Waals surface area contributed by atoms with E-state index < -0.39 is 0 Å². The summed E-state index contributed by atoms with van der Waals surface area (Å²) in [6.45, 7) is 2.51. The van der Waals surface area contributed by atoms with E-state index in [0.717, 1.165) is 20.7 Å². The number of carbonyl (C=O) groups is 1. The molecule has 108 valence electrons. The number of aromatic nitrogens is 1. The predicted octanol–water partition coefficient (Wildman–Crippen LogP) is 3.52. The zero-order chi connectivity index (χ0) is 15.0. The lowest BCUT2D eigenvalue weighted by Crippen LogP contribution is -2.26. The van der Waals surface area contributed by atoms with Gasteiger partial charge in [-0.2, -0.15) is 0 Å². The number of amides is 1. The second kappa shape index (κ2) is 5.46. The molecule has 0 aliphatic heterocycles. The van der Waals surface area contributed by atoms with E-state index >= 15 is 0 Å². The Morgan fingerprint density at radius 2 is 2.14 bits per heavy atom. The summed E-state index contributed by atoms with van der Waals surface area (Å²) in [4.78, 5) is 20.2. The number of hydrogen-bond acceptors (Lipinski definition) is 5. The Bertz CT molecular complexity index is 806. The van der Waals surface area contributed by atoms with E-state index in [1.54, 1.807) is 28.8 Å². The van der Waals surface area contributed by atoms with Crippen molar-refractivity contribution in [2.45, 2.75) is 13.5 Å². The van der Waals surface area contributed by atoms with Crippen molar-refractivity contribution in [3.8, 4) is 0 Å². The van der Waals surface area contributed by atoms with Gasteiger partial charge in [0, 0.05) is 22.0 Å². The number of anilines is 1. The van der Waals surface area contributed by atoms with Gasteiger partial charge in [0.15, 0.2) is 0 Å². The van der Waals surface area contributed by atoms with Gasteiger partial charge in [-0.15, -0.1) is 22.7 Å². The molecule has 4 nitrogen and oxygen atoms in total. The number of nitrogens with two attached hydrogens (primary N) is 1. The lowest BCUT2D eigenvalue weighted by molar-refractivity contribution is 0.0792. The highest BCUT2D eigenvalue weighted by Gasteiger charge is 2.20. The summed E-state index contributed by atoms with van der Waals surface area (Å²) in [6.07, 6.45) is 0. The first-order chi connectivity index (χ1) is 10.1. The van der Waals surface area contributed by atoms with Crippen molar-refractivity contribution in [2.24, 2.45) is 0 Å². The SMILES string of the molecule is Cc1ncsc1CN(C)C(=O)c1sc2ccccc2c1N. The van der Waals surface area contributed by atoms with E-state index in [1.165, 1.54) is 11.3 Å². The second-order valence-corrected chi connectivity index (χ2v) is 6.85. The molecule has 0 aliphatic carbocycles. The highest BCUT2D eigenvalue weighted by Crippen LogP contribution is 2.34. The van der Waals surface area contributed by atoms with Gasteiger partial charge < -0.3 is 10.6 Å². The molecule has 0 aliphatic rings. The molecule has 0 saturated carbocycles. The van der Waals surface area contributed by atoms with Crippen LogP contribution >= 0.6 is 22.7 Å². The minimum absolute atomic E-state index is 0.0403. The number of rotatable bonds is 3. The number of thiazole rings is 1. The maximum absolute atomic E-state index is 12.6. The first-order valence-corrected chi connectivity index (χ1v) is 8.19. The smallest absolute Gasteiger partial charge is 0.266 e. The predicted molar refractivity (Wildman–Crippen MR) is 88.9 cm³/mol. The number of carbonyl (C=O) groups excluding carboxylic acids is 1. The molecule has 0 saturated heterocycles. The summed E-state index contributed by atoms with van der Waals surface area (Å²) in [5.74, 6) is -0.0403. The van der Waals surface area contributed by atoms with Crippen LogP contribution in [-0.2, 0) is 6.54 Å². The Morgan fingerprint density at radius 1 is 1.38 bits per heavy atom. The maximum Gasteiger partial charge on any atom is 0.266 e. The zero-order valence-corrected chi connectivity index (χ0v) is 13.4. The third kappa shape index (κ3) is 2.52. The third-order valence-corrected chi connectivity index (χ3v) is 5.49. The fourth-order valence-electron chi connectivity index (χ4n) is 2.16. The van der Waals surface area contributed by atoms with Gasteiger partial charge in [-0.25, -0.2) is 4.98 Å². The van der Waals surface area contributed by atoms with Crippen molar-refractivity contribution in [3.63, 3.8) is 0 Å². The van der Waals surface area contributed by atoms with E-state index in [9.17, 15) is 4.79 Å². The van der Waals surface area contributed by atoms with E-state index in [2.05, 4.69) is 4.98 Å². The number of aryl methyl sites for hydroxylation is 1. The summed E-state index contributed by atoms with van der Waals surface area (Å²) in [5.41, 5.74) is 9.49. The Kier molecular flexibility index (Phi) is 3.65. The molecule has 0 fully saturated rings. The molecule has 0 bridgehead atoms. The van der Waals surface area contributed by atoms with Gasteiger partial charge in [0.2, 0.25) is 0 Å². The lowest BCUT2D eigenvalue weighted by Gasteiger charge is -2.16. The molecule has 2 N–H and O–H groups in total. The minimum Gasteiger partial charge on any atom is -0.397 e. The van der Waals surface area contributed by atoms with E-state index in [0.29, 0.717) is 17.1 Å². The Labute approximate surface area is 130 Å². The van der Waals surface area contributed by atoms with Crippen molar-refractivity contribution in [1.29, 1.82) is 0 Å². The van der Waals surface area contributed by atoms with Crippen LogP contribution in [0, 0.1) is 6.92 Å². The monoisotopic (exact) mass is 317 g/mol. The van der Waals surface area contributed by atoms with E-state index in [1.807, 2.05) is 31.2 Å². The van der Waals surface area contributed by atoms with Crippen LogP contribution in [0.5, 0.6) is 0 Å². The van der Waals surface area contributed by atoms with Gasteiger partial charge in [-0.05, 0) is 13.0 Å². The molecule has 0 unspecified atom stereocenters. The van der Waals surface area contributed by atoms with Crippen LogP contribution in [-0.4, -0.2) is 22.8 Å². The molecule has 1 aromatic carbocycles. The molecule has 0 spiro atoms. The lowest BCUT2D eigenvalue weighted by atomic mass is 10.2. The largest absolute Gasteiger partial charge is 0.397 e. The molecule has 1 amide bonds. The maximum atomic E-state index is 12.6. The number of nitrogen functional groups attached to an aromatic ring is 1. The summed E-state index contributed by atoms with van der Waals surface area (Å²) >= 11 is 3.02. The van der Waals surface area contributed by atoms with Gasteiger partial charge in [0.25, 0.3) is 5.91 Å².